The molecule has 0 aromatic heterocycles. The molecule has 0 spiro atoms. The summed E-state index contributed by atoms with van der Waals surface area (Å²) in [6.45, 7) is 4.63. The summed E-state index contributed by atoms with van der Waals surface area (Å²) in [6, 6.07) is 19.9. The van der Waals surface area contributed by atoms with E-state index in [1.807, 2.05) is 60.4 Å². The van der Waals surface area contributed by atoms with Crippen LogP contribution in [0.5, 0.6) is 0 Å². The minimum Gasteiger partial charge on any atom is -0.388 e. The molecule has 156 valence electrons. The number of carbonyl (C=O) groups is 1. The second-order valence-electron chi connectivity index (χ2n) is 7.69. The number of likely N-dealkylation sites (tertiary alicyclic amines) is 1. The Labute approximate surface area is 173 Å². The van der Waals surface area contributed by atoms with Gasteiger partial charge in [0.2, 0.25) is 0 Å². The SMILES string of the molecule is CC(OCCCNC(=O)N1CCC(C(O)c2ccccc2)CC1)c1ccccc1. The third kappa shape index (κ3) is 6.31. The average Bonchev–Trinajstić information content (AvgIpc) is 2.79. The van der Waals surface area contributed by atoms with Gasteiger partial charge in [-0.25, -0.2) is 4.79 Å². The molecular formula is C24H32N2O3. The van der Waals surface area contributed by atoms with Crippen LogP contribution >= 0.6 is 0 Å². The van der Waals surface area contributed by atoms with Crippen molar-refractivity contribution in [3.63, 3.8) is 0 Å². The molecule has 0 radical (unpaired) electrons. The molecule has 2 aromatic carbocycles. The van der Waals surface area contributed by atoms with Gasteiger partial charge in [0.05, 0.1) is 12.2 Å². The number of aliphatic hydroxyl groups excluding tert-OH is 1. The standard InChI is InChI=1S/C24H32N2O3/c1-19(20-9-4-2-5-10-20)29-18-8-15-25-24(28)26-16-13-22(14-17-26)23(27)21-11-6-3-7-12-21/h2-7,9-12,19,22-23,27H,8,13-18H2,1H3,(H,25,28). The van der Waals surface area contributed by atoms with Crippen LogP contribution in [0.15, 0.2) is 60.7 Å². The predicted molar refractivity (Wildman–Crippen MR) is 115 cm³/mol. The zero-order valence-corrected chi connectivity index (χ0v) is 17.2. The van der Waals surface area contributed by atoms with Gasteiger partial charge in [0, 0.05) is 26.2 Å². The van der Waals surface area contributed by atoms with Crippen molar-refractivity contribution in [1.82, 2.24) is 10.2 Å². The quantitative estimate of drug-likeness (QED) is 0.654. The first-order valence-electron chi connectivity index (χ1n) is 10.6. The number of hydrogen-bond acceptors (Lipinski definition) is 3. The summed E-state index contributed by atoms with van der Waals surface area (Å²) in [6.07, 6.45) is 2.03. The van der Waals surface area contributed by atoms with Gasteiger partial charge < -0.3 is 20.1 Å². The second kappa shape index (κ2) is 11.0. The summed E-state index contributed by atoms with van der Waals surface area (Å²) in [5, 5.41) is 13.6. The smallest absolute Gasteiger partial charge is 0.317 e. The van der Waals surface area contributed by atoms with Crippen LogP contribution in [0.25, 0.3) is 0 Å². The fourth-order valence-corrected chi connectivity index (χ4v) is 3.80. The molecule has 1 fully saturated rings. The predicted octanol–water partition coefficient (Wildman–Crippen LogP) is 4.31. The molecule has 2 atom stereocenters. The Hall–Kier alpha value is -2.37. The highest BCUT2D eigenvalue weighted by molar-refractivity contribution is 5.74. The average molecular weight is 397 g/mol. The maximum absolute atomic E-state index is 12.4. The van der Waals surface area contributed by atoms with Gasteiger partial charge in [-0.3, -0.25) is 0 Å². The van der Waals surface area contributed by atoms with Crippen LogP contribution in [0.2, 0.25) is 0 Å². The number of rotatable bonds is 8. The van der Waals surface area contributed by atoms with Crippen molar-refractivity contribution in [3.05, 3.63) is 71.8 Å². The number of urea groups is 1. The molecule has 0 bridgehead atoms. The van der Waals surface area contributed by atoms with E-state index in [1.165, 1.54) is 0 Å². The Balaban J connectivity index is 1.31. The molecule has 1 aliphatic rings. The molecule has 1 saturated heterocycles. The van der Waals surface area contributed by atoms with E-state index in [2.05, 4.69) is 17.4 Å². The third-order valence-corrected chi connectivity index (χ3v) is 5.65. The van der Waals surface area contributed by atoms with Crippen LogP contribution in [0.1, 0.15) is 49.5 Å². The van der Waals surface area contributed by atoms with Gasteiger partial charge in [0.15, 0.2) is 0 Å². The Morgan fingerprint density at radius 1 is 1.07 bits per heavy atom. The van der Waals surface area contributed by atoms with Gasteiger partial charge in [0.25, 0.3) is 0 Å². The number of benzene rings is 2. The molecule has 1 heterocycles. The lowest BCUT2D eigenvalue weighted by atomic mass is 9.87. The van der Waals surface area contributed by atoms with Crippen molar-refractivity contribution in [3.8, 4) is 0 Å². The zero-order chi connectivity index (χ0) is 20.5. The largest absolute Gasteiger partial charge is 0.388 e. The molecule has 3 rings (SSSR count). The minimum atomic E-state index is -0.454. The summed E-state index contributed by atoms with van der Waals surface area (Å²) in [7, 11) is 0. The van der Waals surface area contributed by atoms with Gasteiger partial charge >= 0.3 is 6.03 Å². The number of hydrogen-bond donors (Lipinski definition) is 2. The van der Waals surface area contributed by atoms with Gasteiger partial charge in [-0.2, -0.15) is 0 Å². The van der Waals surface area contributed by atoms with Gasteiger partial charge in [0.1, 0.15) is 0 Å². The molecule has 1 aliphatic heterocycles. The summed E-state index contributed by atoms with van der Waals surface area (Å²) in [5.74, 6) is 0.203. The highest BCUT2D eigenvalue weighted by atomic mass is 16.5. The number of nitrogens with zero attached hydrogens (tertiary/aromatic N) is 1. The molecule has 2 amide bonds. The maximum Gasteiger partial charge on any atom is 0.317 e. The fourth-order valence-electron chi connectivity index (χ4n) is 3.80. The highest BCUT2D eigenvalue weighted by Crippen LogP contribution is 2.30. The van der Waals surface area contributed by atoms with Crippen LogP contribution in [-0.4, -0.2) is 42.3 Å². The molecule has 2 N–H and O–H groups in total. The number of ether oxygens (including phenoxy) is 1. The lowest BCUT2D eigenvalue weighted by Gasteiger charge is -2.34. The van der Waals surface area contributed by atoms with E-state index < -0.39 is 6.10 Å². The Kier molecular flexibility index (Phi) is 8.08. The normalized spacial score (nSPS) is 17.0. The molecule has 2 unspecified atom stereocenters. The van der Waals surface area contributed by atoms with Gasteiger partial charge in [-0.05, 0) is 43.2 Å². The maximum atomic E-state index is 12.4. The van der Waals surface area contributed by atoms with Gasteiger partial charge in [-0.15, -0.1) is 0 Å². The van der Waals surface area contributed by atoms with Gasteiger partial charge in [-0.1, -0.05) is 60.7 Å². The molecule has 5 heteroatoms. The Morgan fingerprint density at radius 2 is 1.66 bits per heavy atom. The number of carbonyl (C=O) groups excluding carboxylic acids is 1. The van der Waals surface area contributed by atoms with Crippen LogP contribution in [0, 0.1) is 5.92 Å². The van der Waals surface area contributed by atoms with Crippen molar-refractivity contribution in [1.29, 1.82) is 0 Å². The van der Waals surface area contributed by atoms with Crippen LogP contribution in [0.4, 0.5) is 4.79 Å². The van der Waals surface area contributed by atoms with Crippen LogP contribution < -0.4 is 5.32 Å². The van der Waals surface area contributed by atoms with E-state index in [4.69, 9.17) is 4.74 Å². The first-order valence-corrected chi connectivity index (χ1v) is 10.6. The molecule has 5 nitrogen and oxygen atoms in total. The summed E-state index contributed by atoms with van der Waals surface area (Å²) < 4.78 is 5.85. The first kappa shape index (κ1) is 21.3. The summed E-state index contributed by atoms with van der Waals surface area (Å²) >= 11 is 0. The van der Waals surface area contributed by atoms with E-state index in [0.29, 0.717) is 26.2 Å². The molecule has 2 aromatic rings. The Bertz CT molecular complexity index is 730. The van der Waals surface area contributed by atoms with Crippen molar-refractivity contribution >= 4 is 6.03 Å². The Morgan fingerprint density at radius 3 is 2.28 bits per heavy atom. The minimum absolute atomic E-state index is 0.0197. The summed E-state index contributed by atoms with van der Waals surface area (Å²) in [5.41, 5.74) is 2.12. The monoisotopic (exact) mass is 396 g/mol. The first-order chi connectivity index (χ1) is 14.1. The highest BCUT2D eigenvalue weighted by Gasteiger charge is 2.28. The topological polar surface area (TPSA) is 61.8 Å². The van der Waals surface area contributed by atoms with Crippen molar-refractivity contribution in [2.75, 3.05) is 26.2 Å². The molecular weight excluding hydrogens is 364 g/mol. The number of nitrogens with one attached hydrogen (secondary N) is 1. The lowest BCUT2D eigenvalue weighted by molar-refractivity contribution is 0.0618. The van der Waals surface area contributed by atoms with Crippen LogP contribution in [0.3, 0.4) is 0 Å². The van der Waals surface area contributed by atoms with E-state index in [1.54, 1.807) is 0 Å². The second-order valence-corrected chi connectivity index (χ2v) is 7.69. The summed E-state index contributed by atoms with van der Waals surface area (Å²) in [4.78, 5) is 14.2. The van der Waals surface area contributed by atoms with Crippen LogP contribution in [-0.2, 0) is 4.74 Å². The number of piperidine rings is 1. The van der Waals surface area contributed by atoms with E-state index in [9.17, 15) is 9.90 Å². The molecule has 0 saturated carbocycles. The van der Waals surface area contributed by atoms with E-state index in [-0.39, 0.29) is 18.1 Å². The fraction of sp³-hybridized carbons (Fsp3) is 0.458. The van der Waals surface area contributed by atoms with Crippen molar-refractivity contribution < 1.29 is 14.6 Å². The van der Waals surface area contributed by atoms with Crippen molar-refractivity contribution in [2.45, 2.75) is 38.4 Å². The van der Waals surface area contributed by atoms with E-state index in [0.717, 1.165) is 30.4 Å². The lowest BCUT2D eigenvalue weighted by Crippen LogP contribution is -2.45. The van der Waals surface area contributed by atoms with E-state index >= 15 is 0 Å². The zero-order valence-electron chi connectivity index (χ0n) is 17.2. The number of amides is 2. The molecule has 29 heavy (non-hydrogen) atoms. The molecule has 0 aliphatic carbocycles. The third-order valence-electron chi connectivity index (χ3n) is 5.65. The number of aliphatic hydroxyl groups is 1. The van der Waals surface area contributed by atoms with Crippen molar-refractivity contribution in [2.24, 2.45) is 5.92 Å².